The molecule has 2 aliphatic rings. The zero-order valence-corrected chi connectivity index (χ0v) is 63.6. The molecule has 32 heteroatoms. The summed E-state index contributed by atoms with van der Waals surface area (Å²) in [4.78, 5) is 192. The number of carbonyl (C=O) groups is 14. The smallest absolute Gasteiger partial charge is 0.310 e. The molecule has 0 aliphatic carbocycles. The van der Waals surface area contributed by atoms with Crippen molar-refractivity contribution in [2.75, 3.05) is 92.0 Å². The first-order chi connectivity index (χ1) is 49.5. The lowest BCUT2D eigenvalue weighted by Crippen LogP contribution is -2.58. The first kappa shape index (κ1) is 88.6. The van der Waals surface area contributed by atoms with E-state index in [2.05, 4.69) is 36.9 Å². The number of ketones is 2. The number of thiazole rings is 1. The number of benzene rings is 1. The number of ether oxygens (including phenoxy) is 4. The Morgan fingerprint density at radius 1 is 0.808 bits per heavy atom. The van der Waals surface area contributed by atoms with Gasteiger partial charge in [0.05, 0.1) is 37.0 Å². The first-order valence-corrected chi connectivity index (χ1v) is 38.1. The summed E-state index contributed by atoms with van der Waals surface area (Å²) in [6, 6.07) is 1.26. The number of Topliss-reactive ketones (excluding diaryl/α,β-unsaturated/α-hetero) is 2. The van der Waals surface area contributed by atoms with E-state index >= 15 is 0 Å². The molecule has 5 unspecified atom stereocenters. The van der Waals surface area contributed by atoms with Crippen molar-refractivity contribution >= 4 is 111 Å². The Bertz CT molecular complexity index is 3220. The lowest BCUT2D eigenvalue weighted by molar-refractivity contribution is -0.149. The van der Waals surface area contributed by atoms with Gasteiger partial charge >= 0.3 is 17.9 Å². The molecule has 2 fully saturated rings. The van der Waals surface area contributed by atoms with Gasteiger partial charge < -0.3 is 66.0 Å². The number of carboxylic acids is 2. The van der Waals surface area contributed by atoms with Gasteiger partial charge in [-0.2, -0.15) is 11.8 Å². The number of unbranched alkanes of at least 4 members (excludes halogenated alkanes) is 2. The molecule has 0 spiro atoms. The second-order valence-electron chi connectivity index (χ2n) is 27.0. The standard InChI is InChI=1S/C72H110N10O20S2/c1-11-45(4)65(79-68(94)56-21-13-16-29-80(56)7)71(96)81(8)57(44(2)3)40-58(102-47(6)83)69-78-55(43-104-69)67(93)75-50(35-46(5)72(97)98)36-48-23-24-49(38-52(85)26-32-100-31-17-14-19-51(84)39-64(90)91)54(37-48)77-60(86)22-18-28-74-66(92)53(20-12-15-27-73-62(88)42-101-34-33-99-9)76-61(87)25-30-82-63(89)41-59(103-10)70(82)95/h23-24,37,43-46,50,53,56-59,65H,11-22,25-36,38-42H2,1-10H3,(H,73,88)(H,74,92)(H,75,93)(H,76,87)(H,77,86)(H,79,94)(H,90,91)(H,97,98)/t45?,46?,50-,53?,56?,57-,58-,59?,65+/m1/s1. The third kappa shape index (κ3) is 31.5. The van der Waals surface area contributed by atoms with Crippen molar-refractivity contribution in [3.05, 3.63) is 45.4 Å². The summed E-state index contributed by atoms with van der Waals surface area (Å²) in [6.07, 6.45) is 4.75. The number of hydrogen-bond donors (Lipinski definition) is 8. The number of anilines is 1. The molecule has 2 saturated heterocycles. The number of aliphatic carboxylic acids is 2. The number of rotatable bonds is 51. The zero-order chi connectivity index (χ0) is 77.0. The molecule has 9 atom stereocenters. The Morgan fingerprint density at radius 2 is 1.55 bits per heavy atom. The molecule has 0 bridgehead atoms. The Kier molecular flexibility index (Phi) is 40.0. The number of methoxy groups -OCH3 is 1. The third-order valence-corrected chi connectivity index (χ3v) is 20.2. The summed E-state index contributed by atoms with van der Waals surface area (Å²) in [5.41, 5.74) is 1.10. The zero-order valence-electron chi connectivity index (χ0n) is 61.9. The van der Waals surface area contributed by atoms with Gasteiger partial charge in [0.15, 0.2) is 6.10 Å². The highest BCUT2D eigenvalue weighted by Crippen LogP contribution is 2.32. The molecular weight excluding hydrogens is 1390 g/mol. The lowest BCUT2D eigenvalue weighted by atomic mass is 9.92. The molecule has 3 heterocycles. The Balaban J connectivity index is 1.54. The Morgan fingerprint density at radius 3 is 2.21 bits per heavy atom. The summed E-state index contributed by atoms with van der Waals surface area (Å²) < 4.78 is 21.7. The van der Waals surface area contributed by atoms with E-state index in [9.17, 15) is 72.2 Å². The minimum Gasteiger partial charge on any atom is -0.481 e. The van der Waals surface area contributed by atoms with Gasteiger partial charge in [-0.3, -0.25) is 76.9 Å². The van der Waals surface area contributed by atoms with Gasteiger partial charge in [-0.15, -0.1) is 11.3 Å². The number of thioether (sulfide) groups is 1. The number of hydrogen-bond acceptors (Lipinski definition) is 22. The van der Waals surface area contributed by atoms with Crippen molar-refractivity contribution in [3.8, 4) is 0 Å². The van der Waals surface area contributed by atoms with E-state index in [0.29, 0.717) is 56.3 Å². The van der Waals surface area contributed by atoms with Crippen LogP contribution >= 0.6 is 23.1 Å². The second-order valence-corrected chi connectivity index (χ2v) is 29.0. The quantitative estimate of drug-likeness (QED) is 0.0187. The number of nitrogens with one attached hydrogen (secondary N) is 6. The molecule has 104 heavy (non-hydrogen) atoms. The van der Waals surface area contributed by atoms with E-state index in [-0.39, 0.29) is 180 Å². The van der Waals surface area contributed by atoms with E-state index < -0.39 is 101 Å². The van der Waals surface area contributed by atoms with Gasteiger partial charge in [-0.1, -0.05) is 59.6 Å². The Labute approximate surface area is 617 Å². The molecule has 1 aromatic heterocycles. The number of carbonyl (C=O) groups excluding carboxylic acids is 12. The fourth-order valence-electron chi connectivity index (χ4n) is 12.1. The number of piperidine rings is 1. The summed E-state index contributed by atoms with van der Waals surface area (Å²) in [6.45, 7) is 11.9. The molecule has 2 aliphatic heterocycles. The molecule has 9 amide bonds. The van der Waals surface area contributed by atoms with Crippen LogP contribution < -0.4 is 31.9 Å². The van der Waals surface area contributed by atoms with Crippen LogP contribution in [0.3, 0.4) is 0 Å². The van der Waals surface area contributed by atoms with Crippen LogP contribution in [0.15, 0.2) is 23.6 Å². The number of likely N-dealkylation sites (tertiary alicyclic amines) is 2. The third-order valence-electron chi connectivity index (χ3n) is 18.3. The summed E-state index contributed by atoms with van der Waals surface area (Å²) in [5.74, 6) is -9.01. The lowest BCUT2D eigenvalue weighted by Gasteiger charge is -2.38. The number of imide groups is 1. The minimum absolute atomic E-state index is 0.0186. The van der Waals surface area contributed by atoms with Crippen LogP contribution in [0, 0.1) is 17.8 Å². The predicted molar refractivity (Wildman–Crippen MR) is 388 cm³/mol. The van der Waals surface area contributed by atoms with Crippen LogP contribution in [0.5, 0.6) is 0 Å². The SMILES string of the molecule is CCC(C)[C@H](NC(=O)C1CCCCN1C)C(=O)N(C)[C@H](C[C@@H](OC(C)=O)c1nc(C(=O)N[C@@H](Cc2ccc(CC(=O)CCOCCCCC(=O)CC(=O)O)c(NC(=O)CCCNC(=O)C(CCCCNC(=O)COCCOC)NC(=O)CCN3C(=O)CC(SC)C3=O)c2)CC(C)C(=O)O)cs1)C(C)C. The maximum Gasteiger partial charge on any atom is 0.310 e. The predicted octanol–water partition coefficient (Wildman–Crippen LogP) is 4.97. The maximum absolute atomic E-state index is 14.5. The van der Waals surface area contributed by atoms with Crippen molar-refractivity contribution in [2.24, 2.45) is 17.8 Å². The summed E-state index contributed by atoms with van der Waals surface area (Å²) >= 11 is 2.30. The van der Waals surface area contributed by atoms with E-state index in [0.717, 1.165) is 35.6 Å². The maximum atomic E-state index is 14.5. The number of esters is 1. The molecule has 8 N–H and O–H groups in total. The van der Waals surface area contributed by atoms with Crippen molar-refractivity contribution in [3.63, 3.8) is 0 Å². The highest BCUT2D eigenvalue weighted by molar-refractivity contribution is 8.00. The normalized spacial score (nSPS) is 16.6. The molecular formula is C72H110N10O20S2. The van der Waals surface area contributed by atoms with E-state index in [4.69, 9.17) is 24.1 Å². The molecule has 0 saturated carbocycles. The van der Waals surface area contributed by atoms with Gasteiger partial charge in [-0.25, -0.2) is 4.98 Å². The van der Waals surface area contributed by atoms with Gasteiger partial charge in [0, 0.05) is 115 Å². The summed E-state index contributed by atoms with van der Waals surface area (Å²) in [5, 5.41) is 37.3. The van der Waals surface area contributed by atoms with Crippen molar-refractivity contribution in [1.82, 2.24) is 46.3 Å². The summed E-state index contributed by atoms with van der Waals surface area (Å²) in [7, 11) is 5.07. The molecule has 2 aromatic rings. The van der Waals surface area contributed by atoms with Crippen LogP contribution in [-0.2, 0) is 94.1 Å². The minimum atomic E-state index is -1.21. The van der Waals surface area contributed by atoms with E-state index in [1.807, 2.05) is 39.6 Å². The van der Waals surface area contributed by atoms with Crippen LogP contribution in [0.1, 0.15) is 190 Å². The van der Waals surface area contributed by atoms with Crippen molar-refractivity contribution in [1.29, 1.82) is 0 Å². The number of likely N-dealkylation sites (N-methyl/N-ethyl adjacent to an activating group) is 2. The van der Waals surface area contributed by atoms with Crippen molar-refractivity contribution < 1.29 is 96.3 Å². The van der Waals surface area contributed by atoms with Gasteiger partial charge in [0.25, 0.3) is 5.91 Å². The molecule has 30 nitrogen and oxygen atoms in total. The topological polar surface area (TPSA) is 411 Å². The molecule has 580 valence electrons. The fourth-order valence-corrected chi connectivity index (χ4v) is 13.6. The molecule has 1 aromatic carbocycles. The number of aromatic nitrogens is 1. The van der Waals surface area contributed by atoms with Gasteiger partial charge in [-0.05, 0) is 113 Å². The van der Waals surface area contributed by atoms with Crippen LogP contribution in [-0.4, -0.2) is 235 Å². The number of nitrogens with zero attached hydrogens (tertiary/aromatic N) is 4. The average Bonchev–Trinajstić information content (AvgIpc) is 1.05. The second kappa shape index (κ2) is 46.9. The monoisotopic (exact) mass is 1500 g/mol. The average molecular weight is 1500 g/mol. The van der Waals surface area contributed by atoms with E-state index in [1.165, 1.54) is 38.1 Å². The fraction of sp³-hybridized carbons (Fsp3) is 0.681. The van der Waals surface area contributed by atoms with E-state index in [1.54, 1.807) is 36.4 Å². The first-order valence-electron chi connectivity index (χ1n) is 35.9. The van der Waals surface area contributed by atoms with Crippen LogP contribution in [0.4, 0.5) is 5.69 Å². The van der Waals surface area contributed by atoms with Gasteiger partial charge in [0.1, 0.15) is 47.4 Å². The van der Waals surface area contributed by atoms with Crippen LogP contribution in [0.25, 0.3) is 0 Å². The molecule has 0 radical (unpaired) electrons. The Hall–Kier alpha value is -7.78. The number of carboxylic acid groups (broad SMARTS) is 2. The largest absolute Gasteiger partial charge is 0.481 e. The van der Waals surface area contributed by atoms with Crippen LogP contribution in [0.2, 0.25) is 0 Å². The number of amides is 9. The van der Waals surface area contributed by atoms with Gasteiger partial charge in [0.2, 0.25) is 47.3 Å². The molecule has 4 rings (SSSR count). The highest BCUT2D eigenvalue weighted by Gasteiger charge is 2.40. The van der Waals surface area contributed by atoms with Crippen molar-refractivity contribution in [2.45, 2.75) is 212 Å². The highest BCUT2D eigenvalue weighted by atomic mass is 32.2.